The zero-order chi connectivity index (χ0) is 14.4. The van der Waals surface area contributed by atoms with Gasteiger partial charge in [-0.15, -0.1) is 0 Å². The van der Waals surface area contributed by atoms with E-state index in [9.17, 15) is 9.18 Å². The maximum Gasteiger partial charge on any atom is 0.246 e. The molecule has 108 valence electrons. The first-order chi connectivity index (χ1) is 9.69. The van der Waals surface area contributed by atoms with E-state index < -0.39 is 0 Å². The fourth-order valence-electron chi connectivity index (χ4n) is 2.53. The normalized spacial score (nSPS) is 19.5. The lowest BCUT2D eigenvalue weighted by Crippen LogP contribution is -2.39. The Hall–Kier alpha value is -1.68. The van der Waals surface area contributed by atoms with Crippen molar-refractivity contribution in [3.8, 4) is 0 Å². The molecule has 20 heavy (non-hydrogen) atoms. The van der Waals surface area contributed by atoms with Crippen LogP contribution >= 0.6 is 0 Å². The molecule has 4 heteroatoms. The van der Waals surface area contributed by atoms with E-state index in [2.05, 4.69) is 0 Å². The molecule has 1 aliphatic heterocycles. The van der Waals surface area contributed by atoms with Crippen molar-refractivity contribution in [3.63, 3.8) is 0 Å². The van der Waals surface area contributed by atoms with Gasteiger partial charge in [-0.3, -0.25) is 4.79 Å². The second-order valence-electron chi connectivity index (χ2n) is 5.19. The third-order valence-corrected chi connectivity index (χ3v) is 3.66. The molecular weight excluding hydrogens is 257 g/mol. The van der Waals surface area contributed by atoms with Gasteiger partial charge in [0.05, 0.1) is 0 Å². The molecule has 2 rings (SSSR count). The van der Waals surface area contributed by atoms with Crippen molar-refractivity contribution >= 4 is 12.0 Å². The van der Waals surface area contributed by atoms with Crippen molar-refractivity contribution in [1.29, 1.82) is 0 Å². The van der Waals surface area contributed by atoms with Crippen molar-refractivity contribution in [1.82, 2.24) is 4.90 Å². The van der Waals surface area contributed by atoms with Crippen molar-refractivity contribution in [2.24, 2.45) is 5.92 Å². The maximum atomic E-state index is 12.8. The van der Waals surface area contributed by atoms with E-state index in [0.717, 1.165) is 31.4 Å². The number of amides is 1. The van der Waals surface area contributed by atoms with Crippen LogP contribution in [0.5, 0.6) is 0 Å². The van der Waals surface area contributed by atoms with Gasteiger partial charge in [0.1, 0.15) is 5.82 Å². The lowest BCUT2D eigenvalue weighted by molar-refractivity contribution is -0.127. The van der Waals surface area contributed by atoms with Crippen molar-refractivity contribution in [3.05, 3.63) is 41.7 Å². The Balaban J connectivity index is 1.92. The molecule has 1 saturated heterocycles. The topological polar surface area (TPSA) is 40.5 Å². The smallest absolute Gasteiger partial charge is 0.246 e. The monoisotopic (exact) mass is 277 g/mol. The largest absolute Gasteiger partial charge is 0.396 e. The second-order valence-corrected chi connectivity index (χ2v) is 5.19. The van der Waals surface area contributed by atoms with Gasteiger partial charge in [-0.1, -0.05) is 12.1 Å². The van der Waals surface area contributed by atoms with Crippen LogP contribution in [0.4, 0.5) is 4.39 Å². The zero-order valence-electron chi connectivity index (χ0n) is 11.5. The second kappa shape index (κ2) is 7.20. The summed E-state index contributed by atoms with van der Waals surface area (Å²) in [5, 5.41) is 8.97. The Morgan fingerprint density at radius 1 is 1.40 bits per heavy atom. The fourth-order valence-corrected chi connectivity index (χ4v) is 2.53. The third-order valence-electron chi connectivity index (χ3n) is 3.66. The summed E-state index contributed by atoms with van der Waals surface area (Å²) in [5.41, 5.74) is 0.809. The highest BCUT2D eigenvalue weighted by Gasteiger charge is 2.21. The highest BCUT2D eigenvalue weighted by molar-refractivity contribution is 5.91. The van der Waals surface area contributed by atoms with Gasteiger partial charge < -0.3 is 10.0 Å². The first-order valence-corrected chi connectivity index (χ1v) is 7.02. The molecule has 1 fully saturated rings. The highest BCUT2D eigenvalue weighted by Crippen LogP contribution is 2.19. The minimum atomic E-state index is -0.281. The zero-order valence-corrected chi connectivity index (χ0v) is 11.5. The van der Waals surface area contributed by atoms with Gasteiger partial charge in [0.15, 0.2) is 0 Å². The third kappa shape index (κ3) is 4.17. The molecule has 0 spiro atoms. The lowest BCUT2D eigenvalue weighted by atomic mass is 9.95. The van der Waals surface area contributed by atoms with Crippen LogP contribution in [-0.4, -0.2) is 35.6 Å². The molecule has 1 unspecified atom stereocenters. The van der Waals surface area contributed by atoms with E-state index in [1.807, 2.05) is 4.90 Å². The summed E-state index contributed by atoms with van der Waals surface area (Å²) in [6.45, 7) is 1.67. The van der Waals surface area contributed by atoms with Gasteiger partial charge in [-0.25, -0.2) is 4.39 Å². The number of hydrogen-bond acceptors (Lipinski definition) is 2. The van der Waals surface area contributed by atoms with E-state index in [0.29, 0.717) is 12.5 Å². The molecule has 1 aromatic carbocycles. The van der Waals surface area contributed by atoms with Gasteiger partial charge in [-0.05, 0) is 49.0 Å². The first kappa shape index (κ1) is 14.7. The summed E-state index contributed by atoms with van der Waals surface area (Å²) in [6, 6.07) is 6.04. The molecule has 0 radical (unpaired) electrons. The molecule has 1 heterocycles. The number of aliphatic hydroxyl groups is 1. The van der Waals surface area contributed by atoms with Crippen LogP contribution in [0, 0.1) is 11.7 Å². The molecule has 3 nitrogen and oxygen atoms in total. The van der Waals surface area contributed by atoms with Crippen molar-refractivity contribution in [2.75, 3.05) is 19.7 Å². The minimum absolute atomic E-state index is 0.0167. The summed E-state index contributed by atoms with van der Waals surface area (Å²) >= 11 is 0. The molecule has 0 aromatic heterocycles. The van der Waals surface area contributed by atoms with E-state index in [1.165, 1.54) is 18.2 Å². The molecule has 1 aliphatic rings. The molecule has 0 aliphatic carbocycles. The minimum Gasteiger partial charge on any atom is -0.396 e. The van der Waals surface area contributed by atoms with Gasteiger partial charge in [0, 0.05) is 25.8 Å². The average molecular weight is 277 g/mol. The van der Waals surface area contributed by atoms with Crippen LogP contribution in [0.3, 0.4) is 0 Å². The van der Waals surface area contributed by atoms with Gasteiger partial charge in [-0.2, -0.15) is 0 Å². The SMILES string of the molecule is O=C(C=Cc1ccc(F)cc1)N1CCCC(CCO)C1. The van der Waals surface area contributed by atoms with Gasteiger partial charge >= 0.3 is 0 Å². The summed E-state index contributed by atoms with van der Waals surface area (Å²) in [4.78, 5) is 13.9. The van der Waals surface area contributed by atoms with Crippen LogP contribution in [-0.2, 0) is 4.79 Å². The Morgan fingerprint density at radius 3 is 2.85 bits per heavy atom. The fraction of sp³-hybridized carbons (Fsp3) is 0.438. The highest BCUT2D eigenvalue weighted by atomic mass is 19.1. The van der Waals surface area contributed by atoms with E-state index in [-0.39, 0.29) is 18.3 Å². The summed E-state index contributed by atoms with van der Waals surface area (Å²) in [7, 11) is 0. The number of aliphatic hydroxyl groups excluding tert-OH is 1. The molecule has 0 bridgehead atoms. The molecule has 1 aromatic rings. The summed E-state index contributed by atoms with van der Waals surface area (Å²) in [5.74, 6) is 0.102. The Kier molecular flexibility index (Phi) is 5.30. The molecule has 1 amide bonds. The molecule has 1 atom stereocenters. The first-order valence-electron chi connectivity index (χ1n) is 7.02. The standard InChI is InChI=1S/C16H20FNO2/c17-15-6-3-13(4-7-15)5-8-16(20)18-10-1-2-14(12-18)9-11-19/h3-8,14,19H,1-2,9-12H2. The number of carbonyl (C=O) groups excluding carboxylic acids is 1. The number of carbonyl (C=O) groups is 1. The van der Waals surface area contributed by atoms with Gasteiger partial charge in [0.2, 0.25) is 5.91 Å². The van der Waals surface area contributed by atoms with Crippen molar-refractivity contribution in [2.45, 2.75) is 19.3 Å². The van der Waals surface area contributed by atoms with E-state index >= 15 is 0 Å². The van der Waals surface area contributed by atoms with E-state index in [1.54, 1.807) is 18.2 Å². The number of piperidine rings is 1. The van der Waals surface area contributed by atoms with E-state index in [4.69, 9.17) is 5.11 Å². The Morgan fingerprint density at radius 2 is 2.15 bits per heavy atom. The van der Waals surface area contributed by atoms with Crippen LogP contribution in [0.25, 0.3) is 6.08 Å². The summed E-state index contributed by atoms with van der Waals surface area (Å²) in [6.07, 6.45) is 6.06. The predicted octanol–water partition coefficient (Wildman–Crippen LogP) is 2.46. The van der Waals surface area contributed by atoms with Crippen LogP contribution in [0.2, 0.25) is 0 Å². The van der Waals surface area contributed by atoms with Crippen LogP contribution in [0.1, 0.15) is 24.8 Å². The summed E-state index contributed by atoms with van der Waals surface area (Å²) < 4.78 is 12.8. The Labute approximate surface area is 118 Å². The van der Waals surface area contributed by atoms with Crippen molar-refractivity contribution < 1.29 is 14.3 Å². The number of nitrogens with zero attached hydrogens (tertiary/aromatic N) is 1. The molecule has 1 N–H and O–H groups in total. The number of likely N-dealkylation sites (tertiary alicyclic amines) is 1. The van der Waals surface area contributed by atoms with Crippen LogP contribution < -0.4 is 0 Å². The van der Waals surface area contributed by atoms with Crippen LogP contribution in [0.15, 0.2) is 30.3 Å². The van der Waals surface area contributed by atoms with Gasteiger partial charge in [0.25, 0.3) is 0 Å². The number of hydrogen-bond donors (Lipinski definition) is 1. The number of benzene rings is 1. The lowest BCUT2D eigenvalue weighted by Gasteiger charge is -2.31. The molecular formula is C16H20FNO2. The quantitative estimate of drug-likeness (QED) is 0.859. The maximum absolute atomic E-state index is 12.8. The number of halogens is 1. The Bertz CT molecular complexity index is 468. The molecule has 0 saturated carbocycles. The average Bonchev–Trinajstić information content (AvgIpc) is 2.47. The predicted molar refractivity (Wildman–Crippen MR) is 76.4 cm³/mol. The number of rotatable bonds is 4.